The van der Waals surface area contributed by atoms with Gasteiger partial charge in [0.1, 0.15) is 0 Å². The zero-order valence-corrected chi connectivity index (χ0v) is 12.0. The van der Waals surface area contributed by atoms with E-state index >= 15 is 0 Å². The molecule has 2 unspecified atom stereocenters. The van der Waals surface area contributed by atoms with Crippen molar-refractivity contribution in [3.63, 3.8) is 0 Å². The average Bonchev–Trinajstić information content (AvgIpc) is 2.86. The summed E-state index contributed by atoms with van der Waals surface area (Å²) in [7, 11) is 2.25. The summed E-state index contributed by atoms with van der Waals surface area (Å²) in [5.74, 6) is 1.85. The molecule has 0 saturated carbocycles. The third-order valence-corrected chi connectivity index (χ3v) is 5.56. The van der Waals surface area contributed by atoms with Crippen LogP contribution in [0.2, 0.25) is 0 Å². The first-order valence-corrected chi connectivity index (χ1v) is 7.71. The van der Waals surface area contributed by atoms with Crippen molar-refractivity contribution >= 4 is 5.69 Å². The minimum Gasteiger partial charge on any atom is -0.384 e. The molecule has 3 heteroatoms. The average molecular weight is 267 g/mol. The first kappa shape index (κ1) is 12.2. The molecule has 0 aromatic heterocycles. The second-order valence-corrected chi connectivity index (χ2v) is 6.70. The van der Waals surface area contributed by atoms with Crippen molar-refractivity contribution in [2.24, 2.45) is 5.92 Å². The Bertz CT molecular complexity index is 574. The second-order valence-electron chi connectivity index (χ2n) is 6.70. The summed E-state index contributed by atoms with van der Waals surface area (Å²) in [4.78, 5) is 2.52. The lowest BCUT2D eigenvalue weighted by atomic mass is 9.68. The smallest absolute Gasteiger partial charge is 0.0625 e. The van der Waals surface area contributed by atoms with Crippen molar-refractivity contribution in [2.45, 2.75) is 37.1 Å². The first-order valence-electron chi connectivity index (χ1n) is 7.71. The maximum absolute atomic E-state index is 9.01. The monoisotopic (exact) mass is 267 g/mol. The van der Waals surface area contributed by atoms with Crippen LogP contribution in [0, 0.1) is 17.2 Å². The van der Waals surface area contributed by atoms with Gasteiger partial charge in [-0.3, -0.25) is 0 Å². The molecule has 1 aromatic carbocycles. The number of benzene rings is 1. The van der Waals surface area contributed by atoms with Gasteiger partial charge in [0.25, 0.3) is 0 Å². The summed E-state index contributed by atoms with van der Waals surface area (Å²) in [6.45, 7) is 2.19. The highest BCUT2D eigenvalue weighted by atomic mass is 15.1. The Kier molecular flexibility index (Phi) is 2.75. The number of hydrogen-bond acceptors (Lipinski definition) is 3. The molecule has 1 saturated heterocycles. The van der Waals surface area contributed by atoms with E-state index in [2.05, 4.69) is 41.5 Å². The topological polar surface area (TPSA) is 39.1 Å². The van der Waals surface area contributed by atoms with Gasteiger partial charge in [-0.15, -0.1) is 0 Å². The van der Waals surface area contributed by atoms with Crippen LogP contribution in [0.4, 0.5) is 5.69 Å². The molecule has 3 nitrogen and oxygen atoms in total. The Morgan fingerprint density at radius 2 is 2.30 bits per heavy atom. The highest BCUT2D eigenvalue weighted by Crippen LogP contribution is 2.50. The number of likely N-dealkylation sites (tertiary alicyclic amines) is 1. The molecule has 1 fully saturated rings. The van der Waals surface area contributed by atoms with Crippen LogP contribution in [0.15, 0.2) is 18.2 Å². The molecule has 0 amide bonds. The Morgan fingerprint density at radius 3 is 3.15 bits per heavy atom. The number of anilines is 1. The van der Waals surface area contributed by atoms with Gasteiger partial charge in [-0.05, 0) is 43.0 Å². The predicted octanol–water partition coefficient (Wildman–Crippen LogP) is 2.92. The Morgan fingerprint density at radius 1 is 1.40 bits per heavy atom. The highest BCUT2D eigenvalue weighted by molar-refractivity contribution is 5.63. The molecule has 0 spiro atoms. The maximum atomic E-state index is 9.01. The van der Waals surface area contributed by atoms with Gasteiger partial charge in [0.15, 0.2) is 0 Å². The molecule has 1 aliphatic carbocycles. The zero-order chi connectivity index (χ0) is 13.7. The van der Waals surface area contributed by atoms with E-state index in [1.807, 2.05) is 0 Å². The normalized spacial score (nSPS) is 34.8. The molecule has 2 heterocycles. The molecule has 3 aliphatic rings. The van der Waals surface area contributed by atoms with Crippen LogP contribution in [0.1, 0.15) is 42.2 Å². The van der Waals surface area contributed by atoms with E-state index in [1.54, 1.807) is 11.1 Å². The van der Waals surface area contributed by atoms with Gasteiger partial charge in [-0.25, -0.2) is 0 Å². The van der Waals surface area contributed by atoms with Gasteiger partial charge in [0.2, 0.25) is 0 Å². The fourth-order valence-electron chi connectivity index (χ4n) is 4.74. The van der Waals surface area contributed by atoms with Crippen molar-refractivity contribution in [1.29, 1.82) is 5.26 Å². The fraction of sp³-hybridized carbons (Fsp3) is 0.588. The van der Waals surface area contributed by atoms with Crippen LogP contribution in [-0.2, 0) is 0 Å². The third kappa shape index (κ3) is 1.68. The number of nitriles is 1. The Labute approximate surface area is 120 Å². The summed E-state index contributed by atoms with van der Waals surface area (Å²) < 4.78 is 0. The van der Waals surface area contributed by atoms with E-state index in [0.717, 1.165) is 13.1 Å². The highest BCUT2D eigenvalue weighted by Gasteiger charge is 2.43. The lowest BCUT2D eigenvalue weighted by Crippen LogP contribution is -2.48. The predicted molar refractivity (Wildman–Crippen MR) is 79.8 cm³/mol. The molecule has 0 radical (unpaired) electrons. The van der Waals surface area contributed by atoms with E-state index in [1.165, 1.54) is 18.5 Å². The lowest BCUT2D eigenvalue weighted by Gasteiger charge is -2.47. The van der Waals surface area contributed by atoms with E-state index in [4.69, 9.17) is 5.26 Å². The Balaban J connectivity index is 1.74. The van der Waals surface area contributed by atoms with Crippen LogP contribution >= 0.6 is 0 Å². The van der Waals surface area contributed by atoms with Crippen LogP contribution in [0.25, 0.3) is 0 Å². The number of hydrogen-bond donors (Lipinski definition) is 1. The maximum Gasteiger partial charge on any atom is 0.0625 e. The standard InChI is InChI=1S/C17H21N3/c1-20-10-11(5-6-18)7-14-13-3-2-4-15-17(13)12(9-19-15)8-16(14)20/h2-4,11-12,14,16,19H,5,7-10H2,1H3/t11?,12?,14-,16-/m1/s1. The molecule has 1 N–H and O–H groups in total. The third-order valence-electron chi connectivity index (χ3n) is 5.56. The summed E-state index contributed by atoms with van der Waals surface area (Å²) in [6, 6.07) is 9.78. The van der Waals surface area contributed by atoms with Crippen molar-refractivity contribution in [3.8, 4) is 6.07 Å². The number of likely N-dealkylation sites (N-methyl/N-ethyl adjacent to an activating group) is 1. The number of nitrogens with zero attached hydrogens (tertiary/aromatic N) is 2. The lowest BCUT2D eigenvalue weighted by molar-refractivity contribution is 0.0973. The van der Waals surface area contributed by atoms with E-state index in [9.17, 15) is 0 Å². The van der Waals surface area contributed by atoms with E-state index < -0.39 is 0 Å². The minimum absolute atomic E-state index is 0.535. The molecular weight excluding hydrogens is 246 g/mol. The summed E-state index contributed by atoms with van der Waals surface area (Å²) in [6.07, 6.45) is 3.16. The second kappa shape index (κ2) is 4.49. The Hall–Kier alpha value is -1.53. The summed E-state index contributed by atoms with van der Waals surface area (Å²) in [5.41, 5.74) is 4.50. The van der Waals surface area contributed by atoms with E-state index in [-0.39, 0.29) is 0 Å². The fourth-order valence-corrected chi connectivity index (χ4v) is 4.74. The molecular formula is C17H21N3. The van der Waals surface area contributed by atoms with Crippen LogP contribution < -0.4 is 5.32 Å². The van der Waals surface area contributed by atoms with Crippen LogP contribution in [-0.4, -0.2) is 31.1 Å². The summed E-state index contributed by atoms with van der Waals surface area (Å²) in [5, 5.41) is 12.6. The molecule has 104 valence electrons. The van der Waals surface area contributed by atoms with E-state index in [0.29, 0.717) is 30.2 Å². The van der Waals surface area contributed by atoms with Crippen molar-refractivity contribution in [2.75, 3.05) is 25.5 Å². The molecule has 20 heavy (non-hydrogen) atoms. The minimum atomic E-state index is 0.535. The van der Waals surface area contributed by atoms with Crippen molar-refractivity contribution in [3.05, 3.63) is 29.3 Å². The summed E-state index contributed by atoms with van der Waals surface area (Å²) >= 11 is 0. The van der Waals surface area contributed by atoms with Gasteiger partial charge in [-0.1, -0.05) is 12.1 Å². The van der Waals surface area contributed by atoms with Crippen molar-refractivity contribution in [1.82, 2.24) is 4.90 Å². The number of fused-ring (bicyclic) bond motifs is 2. The zero-order valence-electron chi connectivity index (χ0n) is 12.0. The van der Waals surface area contributed by atoms with Gasteiger partial charge >= 0.3 is 0 Å². The van der Waals surface area contributed by atoms with Gasteiger partial charge in [-0.2, -0.15) is 5.26 Å². The number of nitrogens with one attached hydrogen (secondary N) is 1. The molecule has 2 aliphatic heterocycles. The molecule has 4 atom stereocenters. The molecule has 4 rings (SSSR count). The number of rotatable bonds is 1. The quantitative estimate of drug-likeness (QED) is 0.850. The van der Waals surface area contributed by atoms with Crippen LogP contribution in [0.5, 0.6) is 0 Å². The number of piperidine rings is 1. The molecule has 0 bridgehead atoms. The largest absolute Gasteiger partial charge is 0.384 e. The van der Waals surface area contributed by atoms with Gasteiger partial charge < -0.3 is 10.2 Å². The van der Waals surface area contributed by atoms with Gasteiger partial charge in [0.05, 0.1) is 6.07 Å². The SMILES string of the molecule is CN1CC(CC#N)C[C@@H]2c3cccc4c3C(CN4)C[C@H]21. The first-order chi connectivity index (χ1) is 9.78. The molecule has 1 aromatic rings. The van der Waals surface area contributed by atoms with Crippen LogP contribution in [0.3, 0.4) is 0 Å². The van der Waals surface area contributed by atoms with Crippen molar-refractivity contribution < 1.29 is 0 Å². The van der Waals surface area contributed by atoms with Gasteiger partial charge in [0, 0.05) is 43.1 Å².